The lowest BCUT2D eigenvalue weighted by molar-refractivity contribution is -0.147. The number of nitrogens with zero attached hydrogens (tertiary/aromatic N) is 2. The third kappa shape index (κ3) is 5.60. The van der Waals surface area contributed by atoms with Crippen molar-refractivity contribution in [2.24, 2.45) is 5.92 Å². The summed E-state index contributed by atoms with van der Waals surface area (Å²) >= 11 is 0. The van der Waals surface area contributed by atoms with E-state index < -0.39 is 6.10 Å². The van der Waals surface area contributed by atoms with Crippen molar-refractivity contribution >= 4 is 5.91 Å². The van der Waals surface area contributed by atoms with Gasteiger partial charge in [-0.15, -0.1) is 0 Å². The van der Waals surface area contributed by atoms with Crippen LogP contribution >= 0.6 is 0 Å². The first kappa shape index (κ1) is 18.9. The van der Waals surface area contributed by atoms with E-state index in [-0.39, 0.29) is 5.91 Å². The Morgan fingerprint density at radius 3 is 2.42 bits per heavy atom. The van der Waals surface area contributed by atoms with Crippen molar-refractivity contribution in [1.82, 2.24) is 9.80 Å². The molecular formula is C20H32N2O2. The lowest BCUT2D eigenvalue weighted by Crippen LogP contribution is -2.51. The number of rotatable bonds is 7. The first-order chi connectivity index (χ1) is 11.5. The summed E-state index contributed by atoms with van der Waals surface area (Å²) in [7, 11) is 2.15. The molecule has 1 amide bonds. The zero-order valence-electron chi connectivity index (χ0n) is 15.6. The van der Waals surface area contributed by atoms with E-state index in [0.717, 1.165) is 38.0 Å². The maximum Gasteiger partial charge on any atom is 0.251 e. The van der Waals surface area contributed by atoms with E-state index in [0.29, 0.717) is 18.6 Å². The molecule has 0 aliphatic carbocycles. The molecule has 0 N–H and O–H groups in total. The number of carbonyl (C=O) groups excluding carboxylic acids is 1. The molecule has 1 aromatic carbocycles. The van der Waals surface area contributed by atoms with Crippen LogP contribution in [-0.2, 0) is 16.1 Å². The van der Waals surface area contributed by atoms with Crippen molar-refractivity contribution < 1.29 is 9.53 Å². The summed E-state index contributed by atoms with van der Waals surface area (Å²) in [5.74, 6) is 0.601. The highest BCUT2D eigenvalue weighted by atomic mass is 16.5. The molecule has 0 bridgehead atoms. The highest BCUT2D eigenvalue weighted by molar-refractivity contribution is 5.80. The van der Waals surface area contributed by atoms with Gasteiger partial charge in [0.15, 0.2) is 0 Å². The minimum Gasteiger partial charge on any atom is -0.364 e. The number of likely N-dealkylation sites (tertiary alicyclic amines) is 1. The van der Waals surface area contributed by atoms with E-state index in [1.165, 1.54) is 0 Å². The Bertz CT molecular complexity index is 496. The van der Waals surface area contributed by atoms with Gasteiger partial charge < -0.3 is 14.5 Å². The fourth-order valence-corrected chi connectivity index (χ4v) is 3.22. The van der Waals surface area contributed by atoms with Crippen molar-refractivity contribution in [3.05, 3.63) is 35.9 Å². The third-order valence-corrected chi connectivity index (χ3v) is 4.66. The Morgan fingerprint density at radius 2 is 1.83 bits per heavy atom. The normalized spacial score (nSPS) is 17.9. The number of piperidine rings is 1. The number of amides is 1. The summed E-state index contributed by atoms with van der Waals surface area (Å²) < 4.78 is 5.86. The Morgan fingerprint density at radius 1 is 1.21 bits per heavy atom. The predicted octanol–water partition coefficient (Wildman–Crippen LogP) is 3.17. The van der Waals surface area contributed by atoms with Gasteiger partial charge in [0.2, 0.25) is 0 Å². The van der Waals surface area contributed by atoms with Gasteiger partial charge in [0.1, 0.15) is 6.10 Å². The quantitative estimate of drug-likeness (QED) is 0.769. The Balaban J connectivity index is 1.95. The SMILES string of the molecule is CC(C)CN(C(=O)[C@@H](C)OCc1ccccc1)C1CCN(C)CC1. The van der Waals surface area contributed by atoms with E-state index >= 15 is 0 Å². The molecule has 0 radical (unpaired) electrons. The second kappa shape index (κ2) is 9.19. The van der Waals surface area contributed by atoms with Gasteiger partial charge >= 0.3 is 0 Å². The van der Waals surface area contributed by atoms with Gasteiger partial charge in [0, 0.05) is 12.6 Å². The van der Waals surface area contributed by atoms with Crippen LogP contribution in [0, 0.1) is 5.92 Å². The first-order valence-electron chi connectivity index (χ1n) is 9.12. The van der Waals surface area contributed by atoms with Crippen molar-refractivity contribution in [2.75, 3.05) is 26.7 Å². The first-order valence-corrected chi connectivity index (χ1v) is 9.12. The largest absolute Gasteiger partial charge is 0.364 e. The fourth-order valence-electron chi connectivity index (χ4n) is 3.22. The molecule has 4 nitrogen and oxygen atoms in total. The van der Waals surface area contributed by atoms with Crippen molar-refractivity contribution in [2.45, 2.75) is 52.4 Å². The van der Waals surface area contributed by atoms with Crippen LogP contribution in [0.2, 0.25) is 0 Å². The van der Waals surface area contributed by atoms with Gasteiger partial charge in [0.25, 0.3) is 5.91 Å². The molecule has 4 heteroatoms. The van der Waals surface area contributed by atoms with Crippen LogP contribution in [-0.4, -0.2) is 54.5 Å². The smallest absolute Gasteiger partial charge is 0.251 e. The van der Waals surface area contributed by atoms with Crippen LogP contribution in [0.25, 0.3) is 0 Å². The molecule has 0 aromatic heterocycles. The summed E-state index contributed by atoms with van der Waals surface area (Å²) in [6.07, 6.45) is 1.71. The molecular weight excluding hydrogens is 300 g/mol. The number of benzene rings is 1. The van der Waals surface area contributed by atoms with E-state index in [4.69, 9.17) is 4.74 Å². The fraction of sp³-hybridized carbons (Fsp3) is 0.650. The molecule has 1 atom stereocenters. The Hall–Kier alpha value is -1.39. The van der Waals surface area contributed by atoms with Crippen LogP contribution in [0.4, 0.5) is 0 Å². The topological polar surface area (TPSA) is 32.8 Å². The van der Waals surface area contributed by atoms with Gasteiger partial charge in [-0.25, -0.2) is 0 Å². The van der Waals surface area contributed by atoms with Crippen LogP contribution in [0.3, 0.4) is 0 Å². The molecule has 134 valence electrons. The Labute approximate surface area is 146 Å². The van der Waals surface area contributed by atoms with Crippen LogP contribution in [0.1, 0.15) is 39.2 Å². The predicted molar refractivity (Wildman–Crippen MR) is 97.8 cm³/mol. The highest BCUT2D eigenvalue weighted by Gasteiger charge is 2.30. The summed E-state index contributed by atoms with van der Waals surface area (Å²) in [5, 5.41) is 0. The highest BCUT2D eigenvalue weighted by Crippen LogP contribution is 2.19. The van der Waals surface area contributed by atoms with Gasteiger partial charge in [-0.1, -0.05) is 44.2 Å². The van der Waals surface area contributed by atoms with Gasteiger partial charge in [0.05, 0.1) is 6.61 Å². The van der Waals surface area contributed by atoms with E-state index in [1.807, 2.05) is 37.3 Å². The lowest BCUT2D eigenvalue weighted by atomic mass is 10.0. The molecule has 2 rings (SSSR count). The van der Waals surface area contributed by atoms with E-state index in [2.05, 4.69) is 30.7 Å². The lowest BCUT2D eigenvalue weighted by Gasteiger charge is -2.39. The van der Waals surface area contributed by atoms with Gasteiger partial charge in [-0.05, 0) is 51.4 Å². The number of ether oxygens (including phenoxy) is 1. The molecule has 1 fully saturated rings. The van der Waals surface area contributed by atoms with Gasteiger partial charge in [-0.3, -0.25) is 4.79 Å². The monoisotopic (exact) mass is 332 g/mol. The third-order valence-electron chi connectivity index (χ3n) is 4.66. The molecule has 0 saturated carbocycles. The zero-order valence-corrected chi connectivity index (χ0v) is 15.6. The average molecular weight is 332 g/mol. The van der Waals surface area contributed by atoms with Crippen molar-refractivity contribution in [1.29, 1.82) is 0 Å². The number of carbonyl (C=O) groups is 1. The zero-order chi connectivity index (χ0) is 17.5. The molecule has 1 aliphatic heterocycles. The number of hydrogen-bond donors (Lipinski definition) is 0. The average Bonchev–Trinajstić information content (AvgIpc) is 2.58. The summed E-state index contributed by atoms with van der Waals surface area (Å²) in [6, 6.07) is 10.4. The maximum absolute atomic E-state index is 13.0. The van der Waals surface area contributed by atoms with Crippen LogP contribution in [0.15, 0.2) is 30.3 Å². The van der Waals surface area contributed by atoms with Gasteiger partial charge in [-0.2, -0.15) is 0 Å². The second-order valence-electron chi connectivity index (χ2n) is 7.36. The minimum atomic E-state index is -0.399. The molecule has 1 aromatic rings. The van der Waals surface area contributed by atoms with E-state index in [9.17, 15) is 4.79 Å². The summed E-state index contributed by atoms with van der Waals surface area (Å²) in [5.41, 5.74) is 1.10. The second-order valence-corrected chi connectivity index (χ2v) is 7.36. The molecule has 0 spiro atoms. The van der Waals surface area contributed by atoms with Crippen LogP contribution in [0.5, 0.6) is 0 Å². The minimum absolute atomic E-state index is 0.134. The summed E-state index contributed by atoms with van der Waals surface area (Å²) in [6.45, 7) is 9.64. The van der Waals surface area contributed by atoms with E-state index in [1.54, 1.807) is 0 Å². The molecule has 24 heavy (non-hydrogen) atoms. The number of hydrogen-bond acceptors (Lipinski definition) is 3. The van der Waals surface area contributed by atoms with Crippen molar-refractivity contribution in [3.8, 4) is 0 Å². The molecule has 1 saturated heterocycles. The summed E-state index contributed by atoms with van der Waals surface area (Å²) in [4.78, 5) is 17.4. The Kier molecular flexibility index (Phi) is 7.25. The molecule has 1 aliphatic rings. The standard InChI is InChI=1S/C20H32N2O2/c1-16(2)14-22(19-10-12-21(4)13-11-19)20(23)17(3)24-15-18-8-6-5-7-9-18/h5-9,16-17,19H,10-15H2,1-4H3/t17-/m1/s1. The maximum atomic E-state index is 13.0. The molecule has 1 heterocycles. The van der Waals surface area contributed by atoms with Crippen LogP contribution < -0.4 is 0 Å². The molecule has 0 unspecified atom stereocenters. The van der Waals surface area contributed by atoms with Crippen molar-refractivity contribution in [3.63, 3.8) is 0 Å².